The van der Waals surface area contributed by atoms with Gasteiger partial charge in [-0.05, 0) is 91.3 Å². The molecule has 0 saturated carbocycles. The maximum atomic E-state index is 12.7. The van der Waals surface area contributed by atoms with E-state index in [4.69, 9.17) is 9.47 Å². The summed E-state index contributed by atoms with van der Waals surface area (Å²) in [7, 11) is -3.60. The molecule has 7 rings (SSSR count). The van der Waals surface area contributed by atoms with Gasteiger partial charge in [0, 0.05) is 37.7 Å². The van der Waals surface area contributed by atoms with Crippen LogP contribution in [-0.4, -0.2) is 68.2 Å². The second kappa shape index (κ2) is 15.6. The highest BCUT2D eigenvalue weighted by atomic mass is 32.2. The predicted octanol–water partition coefficient (Wildman–Crippen LogP) is 6.43. The van der Waals surface area contributed by atoms with Crippen LogP contribution in [0.4, 0.5) is 0 Å². The van der Waals surface area contributed by atoms with Crippen molar-refractivity contribution >= 4 is 10.0 Å². The van der Waals surface area contributed by atoms with Gasteiger partial charge in [-0.1, -0.05) is 84.9 Å². The van der Waals surface area contributed by atoms with Crippen LogP contribution < -0.4 is 4.72 Å². The number of rotatable bonds is 12. The van der Waals surface area contributed by atoms with Gasteiger partial charge in [-0.25, -0.2) is 13.1 Å². The van der Waals surface area contributed by atoms with Gasteiger partial charge in [-0.2, -0.15) is 0 Å². The molecule has 0 unspecified atom stereocenters. The highest BCUT2D eigenvalue weighted by Crippen LogP contribution is 2.39. The van der Waals surface area contributed by atoms with Crippen LogP contribution in [0.1, 0.15) is 66.8 Å². The topological polar surface area (TPSA) is 91.3 Å². The fraction of sp³-hybridized carbons (Fsp3) is 0.400. The summed E-state index contributed by atoms with van der Waals surface area (Å²) < 4.78 is 41.6. The smallest absolute Gasteiger partial charge is 0.240 e. The quantitative estimate of drug-likeness (QED) is 0.178. The van der Waals surface area contributed by atoms with Gasteiger partial charge in [0.1, 0.15) is 0 Å². The summed E-state index contributed by atoms with van der Waals surface area (Å²) in [6, 6.07) is 33.3. The zero-order valence-corrected chi connectivity index (χ0v) is 28.8. The van der Waals surface area contributed by atoms with E-state index in [1.807, 2.05) is 36.4 Å². The van der Waals surface area contributed by atoms with Crippen molar-refractivity contribution in [1.29, 1.82) is 0 Å². The first-order valence-electron chi connectivity index (χ1n) is 17.6. The minimum absolute atomic E-state index is 0.0199. The van der Waals surface area contributed by atoms with Gasteiger partial charge in [0.25, 0.3) is 0 Å². The third kappa shape index (κ3) is 8.49. The number of ether oxygens (including phenoxy) is 2. The van der Waals surface area contributed by atoms with Crippen LogP contribution in [-0.2, 0) is 32.6 Å². The lowest BCUT2D eigenvalue weighted by Gasteiger charge is -2.39. The number of aliphatic hydroxyl groups excluding tert-OH is 1. The Labute approximate surface area is 290 Å². The van der Waals surface area contributed by atoms with Crippen molar-refractivity contribution in [3.63, 3.8) is 0 Å². The minimum Gasteiger partial charge on any atom is -0.392 e. The van der Waals surface area contributed by atoms with Gasteiger partial charge < -0.3 is 19.5 Å². The normalized spacial score (nSPS) is 23.6. The Morgan fingerprint density at radius 1 is 0.735 bits per heavy atom. The number of benzene rings is 4. The molecule has 0 amide bonds. The molecule has 2 N–H and O–H groups in total. The molecule has 3 fully saturated rings. The van der Waals surface area contributed by atoms with Crippen LogP contribution >= 0.6 is 0 Å². The standard InChI is InChI=1S/C40H47N3O5S/c44-29-30-13-15-33(16-14-30)39-25-37(28-43-23-7-10-36(43)27-42-21-4-5-22-42)47-40(48-39)34-19-17-32(18-20-34)35-9-6-8-31(24-35)26-41-49(45,46)38-11-2-1-3-12-38/h1-3,6,8-9,11-20,24,36-37,39-41,44H,4-5,7,10,21-23,25-29H2/t36-,37+,39-,40-/m0/s1. The third-order valence-electron chi connectivity index (χ3n) is 10.2. The van der Waals surface area contributed by atoms with E-state index in [1.54, 1.807) is 30.3 Å². The van der Waals surface area contributed by atoms with E-state index < -0.39 is 16.3 Å². The summed E-state index contributed by atoms with van der Waals surface area (Å²) in [5, 5.41) is 9.59. The van der Waals surface area contributed by atoms with Crippen molar-refractivity contribution in [3.8, 4) is 11.1 Å². The Balaban J connectivity index is 1.05. The lowest BCUT2D eigenvalue weighted by atomic mass is 9.98. The Kier molecular flexibility index (Phi) is 10.9. The molecule has 3 saturated heterocycles. The largest absolute Gasteiger partial charge is 0.392 e. The molecule has 3 aliphatic rings. The third-order valence-corrected chi connectivity index (χ3v) is 11.6. The van der Waals surface area contributed by atoms with Gasteiger partial charge in [0.05, 0.1) is 23.7 Å². The van der Waals surface area contributed by atoms with E-state index in [0.29, 0.717) is 6.04 Å². The minimum atomic E-state index is -3.60. The molecule has 4 aromatic carbocycles. The summed E-state index contributed by atoms with van der Waals surface area (Å²) >= 11 is 0. The second-order valence-electron chi connectivity index (χ2n) is 13.6. The van der Waals surface area contributed by atoms with Gasteiger partial charge in [-0.15, -0.1) is 0 Å². The molecule has 258 valence electrons. The molecule has 0 spiro atoms. The van der Waals surface area contributed by atoms with E-state index in [1.165, 1.54) is 38.8 Å². The number of nitrogens with zero attached hydrogens (tertiary/aromatic N) is 2. The Hall–Kier alpha value is -3.41. The molecule has 3 heterocycles. The average Bonchev–Trinajstić information content (AvgIpc) is 3.83. The predicted molar refractivity (Wildman–Crippen MR) is 191 cm³/mol. The molecule has 4 aromatic rings. The van der Waals surface area contributed by atoms with Gasteiger partial charge >= 0.3 is 0 Å². The van der Waals surface area contributed by atoms with E-state index in [0.717, 1.165) is 59.4 Å². The highest BCUT2D eigenvalue weighted by Gasteiger charge is 2.36. The SMILES string of the molecule is O=S(=O)(NCc1cccc(-c2ccc([C@H]3O[C@@H](CN4CCC[C@H]4CN4CCCC4)C[C@@H](c4ccc(CO)cc4)O3)cc2)c1)c1ccccc1. The van der Waals surface area contributed by atoms with Crippen molar-refractivity contribution in [1.82, 2.24) is 14.5 Å². The van der Waals surface area contributed by atoms with Crippen molar-refractivity contribution < 1.29 is 23.0 Å². The lowest BCUT2D eigenvalue weighted by Crippen LogP contribution is -2.45. The first-order chi connectivity index (χ1) is 23.9. The Morgan fingerprint density at radius 2 is 1.49 bits per heavy atom. The molecule has 0 bridgehead atoms. The lowest BCUT2D eigenvalue weighted by molar-refractivity contribution is -0.253. The summed E-state index contributed by atoms with van der Waals surface area (Å²) in [4.78, 5) is 5.53. The fourth-order valence-electron chi connectivity index (χ4n) is 7.45. The highest BCUT2D eigenvalue weighted by molar-refractivity contribution is 7.89. The summed E-state index contributed by atoms with van der Waals surface area (Å²) in [5.41, 5.74) is 5.86. The molecule has 49 heavy (non-hydrogen) atoms. The van der Waals surface area contributed by atoms with Crippen LogP contribution in [0.5, 0.6) is 0 Å². The first-order valence-corrected chi connectivity index (χ1v) is 19.1. The van der Waals surface area contributed by atoms with Crippen LogP contribution in [0.25, 0.3) is 11.1 Å². The number of sulfonamides is 1. The molecular formula is C40H47N3O5S. The number of likely N-dealkylation sites (tertiary alicyclic amines) is 2. The van der Waals surface area contributed by atoms with Crippen molar-refractivity contribution in [2.24, 2.45) is 0 Å². The van der Waals surface area contributed by atoms with E-state index in [2.05, 4.69) is 50.9 Å². The maximum Gasteiger partial charge on any atom is 0.240 e. The zero-order chi connectivity index (χ0) is 33.6. The van der Waals surface area contributed by atoms with Crippen LogP contribution in [0.15, 0.2) is 108 Å². The number of nitrogens with one attached hydrogen (secondary N) is 1. The Morgan fingerprint density at radius 3 is 2.24 bits per heavy atom. The first kappa shape index (κ1) is 34.1. The van der Waals surface area contributed by atoms with E-state index in [-0.39, 0.29) is 30.3 Å². The monoisotopic (exact) mass is 681 g/mol. The molecule has 9 heteroatoms. The molecule has 8 nitrogen and oxygen atoms in total. The van der Waals surface area contributed by atoms with Crippen molar-refractivity contribution in [3.05, 3.63) is 125 Å². The van der Waals surface area contributed by atoms with Crippen molar-refractivity contribution in [2.45, 2.75) is 74.7 Å². The summed E-state index contributed by atoms with van der Waals surface area (Å²) in [5.74, 6) is 0. The number of hydrogen-bond acceptors (Lipinski definition) is 7. The Bertz CT molecular complexity index is 1760. The van der Waals surface area contributed by atoms with Crippen molar-refractivity contribution in [2.75, 3.05) is 32.7 Å². The fourth-order valence-corrected chi connectivity index (χ4v) is 8.49. The molecule has 3 aliphatic heterocycles. The van der Waals surface area contributed by atoms with Gasteiger partial charge in [-0.3, -0.25) is 4.90 Å². The number of aliphatic hydroxyl groups is 1. The summed E-state index contributed by atoms with van der Waals surface area (Å²) in [6.07, 6.45) is 5.29. The van der Waals surface area contributed by atoms with Gasteiger partial charge in [0.2, 0.25) is 10.0 Å². The van der Waals surface area contributed by atoms with Crippen LogP contribution in [0, 0.1) is 0 Å². The molecule has 0 aromatic heterocycles. The van der Waals surface area contributed by atoms with Crippen LogP contribution in [0.2, 0.25) is 0 Å². The van der Waals surface area contributed by atoms with Crippen LogP contribution in [0.3, 0.4) is 0 Å². The van der Waals surface area contributed by atoms with E-state index >= 15 is 0 Å². The summed E-state index contributed by atoms with van der Waals surface area (Å²) in [6.45, 7) is 5.82. The number of hydrogen-bond donors (Lipinski definition) is 2. The maximum absolute atomic E-state index is 12.7. The molecule has 0 radical (unpaired) electrons. The molecule has 0 aliphatic carbocycles. The average molecular weight is 682 g/mol. The zero-order valence-electron chi connectivity index (χ0n) is 28.0. The van der Waals surface area contributed by atoms with Gasteiger partial charge in [0.15, 0.2) is 6.29 Å². The van der Waals surface area contributed by atoms with E-state index in [9.17, 15) is 13.5 Å². The molecule has 4 atom stereocenters. The second-order valence-corrected chi connectivity index (χ2v) is 15.4. The molecular weight excluding hydrogens is 635 g/mol.